The number of amides is 2. The number of carbonyl (C=O) groups is 2. The summed E-state index contributed by atoms with van der Waals surface area (Å²) >= 11 is 0. The number of benzene rings is 2. The molecule has 2 amide bonds. The average Bonchev–Trinajstić information content (AvgIpc) is 4.07. The quantitative estimate of drug-likeness (QED) is 0.108. The highest BCUT2D eigenvalue weighted by molar-refractivity contribution is 6.13. The molecule has 0 aliphatic carbocycles. The molecule has 2 atom stereocenters. The second-order valence-corrected chi connectivity index (χ2v) is 16.4. The zero-order valence-corrected chi connectivity index (χ0v) is 37.4. The fourth-order valence-corrected chi connectivity index (χ4v) is 8.89. The van der Waals surface area contributed by atoms with Crippen molar-refractivity contribution < 1.29 is 32.6 Å². The molecule has 0 bridgehead atoms. The van der Waals surface area contributed by atoms with Crippen LogP contribution in [0.2, 0.25) is 0 Å². The molecule has 18 nitrogen and oxygen atoms in total. The van der Waals surface area contributed by atoms with Crippen molar-refractivity contribution in [2.45, 2.75) is 72.6 Å². The molecule has 1 aliphatic rings. The van der Waals surface area contributed by atoms with E-state index in [1.165, 1.54) is 19.2 Å². The number of alkyl halides is 2. The van der Waals surface area contributed by atoms with Gasteiger partial charge in [-0.3, -0.25) is 23.9 Å². The molecule has 8 aromatic rings. The SMILES string of the molecule is CCn1nc(C)cc1-c1ncc2c3cc(C(N)=O)cc(OC)c3n(CC(F)C(F)Cn3c4nc(-c5cc(C)nn5CC)ncc4c4cc(C(N)=O)cc(OCCCN5CCOCC5)c43)c2n1. The van der Waals surface area contributed by atoms with Crippen molar-refractivity contribution in [2.75, 3.05) is 46.6 Å². The number of hydrogen-bond acceptors (Lipinski definition) is 12. The van der Waals surface area contributed by atoms with Gasteiger partial charge in [-0.05, 0) is 70.5 Å². The molecule has 1 saturated heterocycles. The number of aryl methyl sites for hydroxylation is 4. The van der Waals surface area contributed by atoms with Crippen LogP contribution in [0.3, 0.4) is 0 Å². The number of carbonyl (C=O) groups excluding carboxylic acids is 2. The largest absolute Gasteiger partial charge is 0.495 e. The van der Waals surface area contributed by atoms with Crippen LogP contribution in [0.25, 0.3) is 66.9 Å². The predicted octanol–water partition coefficient (Wildman–Crippen LogP) is 5.55. The van der Waals surface area contributed by atoms with Gasteiger partial charge in [-0.1, -0.05) is 0 Å². The smallest absolute Gasteiger partial charge is 0.248 e. The number of morpholine rings is 1. The maximum absolute atomic E-state index is 17.3. The molecular weight excluding hydrogens is 853 g/mol. The van der Waals surface area contributed by atoms with E-state index >= 15 is 8.78 Å². The van der Waals surface area contributed by atoms with Gasteiger partial charge < -0.3 is 34.8 Å². The lowest BCUT2D eigenvalue weighted by Crippen LogP contribution is -2.37. The lowest BCUT2D eigenvalue weighted by molar-refractivity contribution is 0.0358. The number of aromatic nitrogens is 10. The number of fused-ring (bicyclic) bond motifs is 6. The van der Waals surface area contributed by atoms with Gasteiger partial charge in [-0.15, -0.1) is 0 Å². The number of primary amides is 2. The molecule has 4 N–H and O–H groups in total. The maximum atomic E-state index is 17.3. The van der Waals surface area contributed by atoms with Crippen molar-refractivity contribution in [1.82, 2.24) is 53.5 Å². The van der Waals surface area contributed by atoms with Gasteiger partial charge in [-0.25, -0.2) is 28.7 Å². The van der Waals surface area contributed by atoms with E-state index in [-0.39, 0.29) is 34.9 Å². The van der Waals surface area contributed by atoms with Crippen LogP contribution in [-0.2, 0) is 30.9 Å². The molecule has 1 aliphatic heterocycles. The van der Waals surface area contributed by atoms with Crippen LogP contribution in [0.1, 0.15) is 52.4 Å². The Bertz CT molecular complexity index is 3150. The molecule has 344 valence electrons. The number of halogens is 2. The summed E-state index contributed by atoms with van der Waals surface area (Å²) in [5.41, 5.74) is 16.1. The minimum atomic E-state index is -2.15. The third-order valence-electron chi connectivity index (χ3n) is 12.1. The zero-order valence-electron chi connectivity index (χ0n) is 37.4. The van der Waals surface area contributed by atoms with Gasteiger partial charge in [0.15, 0.2) is 24.0 Å². The van der Waals surface area contributed by atoms with Crippen LogP contribution in [-0.4, -0.2) is 124 Å². The number of rotatable bonds is 17. The first-order valence-electron chi connectivity index (χ1n) is 22.0. The normalized spacial score (nSPS) is 14.5. The summed E-state index contributed by atoms with van der Waals surface area (Å²) in [6.07, 6.45) is -0.440. The third-order valence-corrected chi connectivity index (χ3v) is 12.1. The summed E-state index contributed by atoms with van der Waals surface area (Å²) in [6.45, 7) is 11.6. The van der Waals surface area contributed by atoms with Crippen molar-refractivity contribution in [2.24, 2.45) is 11.5 Å². The monoisotopic (exact) mass is 903 g/mol. The molecular formula is C46H51F2N13O5. The Morgan fingerprint density at radius 3 is 1.68 bits per heavy atom. The summed E-state index contributed by atoms with van der Waals surface area (Å²) in [4.78, 5) is 46.8. The Morgan fingerprint density at radius 2 is 1.21 bits per heavy atom. The van der Waals surface area contributed by atoms with E-state index in [2.05, 4.69) is 20.1 Å². The lowest BCUT2D eigenvalue weighted by atomic mass is 10.1. The molecule has 9 rings (SSSR count). The standard InChI is InChI=1S/C46H51F2N13O5/c1-6-60-35(15-25(3)55-60)43-51-21-31-29-17-27(41(49)62)19-37(64-5)39(29)58(45(31)53-43)23-33(47)34(48)24-59-40-30(32-22-52-44(54-46(32)59)36-16-26(4)56-61(36)7-2)18-28(42(50)63)20-38(40)66-12-8-9-57-10-13-65-14-11-57/h15-22,33-34H,6-14,23-24H2,1-5H3,(H2,49,62)(H2,50,63). The number of ether oxygens (including phenoxy) is 3. The van der Waals surface area contributed by atoms with Crippen molar-refractivity contribution in [1.29, 1.82) is 0 Å². The van der Waals surface area contributed by atoms with E-state index in [1.807, 2.05) is 39.8 Å². The number of hydrogen-bond donors (Lipinski definition) is 2. The van der Waals surface area contributed by atoms with Crippen molar-refractivity contribution in [3.8, 4) is 34.5 Å². The van der Waals surface area contributed by atoms with Gasteiger partial charge in [-0.2, -0.15) is 10.2 Å². The van der Waals surface area contributed by atoms with Crippen LogP contribution in [0, 0.1) is 13.8 Å². The molecule has 1 fully saturated rings. The number of methoxy groups -OCH3 is 1. The molecule has 0 radical (unpaired) electrons. The molecule has 7 heterocycles. The average molecular weight is 904 g/mol. The third kappa shape index (κ3) is 8.14. The van der Waals surface area contributed by atoms with E-state index in [0.717, 1.165) is 31.0 Å². The van der Waals surface area contributed by atoms with Crippen LogP contribution in [0.5, 0.6) is 11.5 Å². The fourth-order valence-electron chi connectivity index (χ4n) is 8.89. The summed E-state index contributed by atoms with van der Waals surface area (Å²) < 4.78 is 58.8. The van der Waals surface area contributed by atoms with E-state index in [1.54, 1.807) is 43.0 Å². The van der Waals surface area contributed by atoms with Gasteiger partial charge in [0.25, 0.3) is 0 Å². The molecule has 66 heavy (non-hydrogen) atoms. The Labute approximate surface area is 377 Å². The van der Waals surface area contributed by atoms with Crippen molar-refractivity contribution >= 4 is 55.7 Å². The van der Waals surface area contributed by atoms with Gasteiger partial charge >= 0.3 is 0 Å². The molecule has 0 spiro atoms. The first-order chi connectivity index (χ1) is 31.9. The summed E-state index contributed by atoms with van der Waals surface area (Å²) in [7, 11) is 1.42. The van der Waals surface area contributed by atoms with Gasteiger partial charge in [0.1, 0.15) is 34.2 Å². The van der Waals surface area contributed by atoms with Gasteiger partial charge in [0, 0.05) is 77.8 Å². The Kier molecular flexibility index (Phi) is 12.1. The van der Waals surface area contributed by atoms with Crippen LogP contribution < -0.4 is 20.9 Å². The second-order valence-electron chi connectivity index (χ2n) is 16.4. The fraction of sp³-hybridized carbons (Fsp3) is 0.391. The predicted molar refractivity (Wildman–Crippen MR) is 244 cm³/mol. The van der Waals surface area contributed by atoms with Crippen molar-refractivity contribution in [3.63, 3.8) is 0 Å². The lowest BCUT2D eigenvalue weighted by Gasteiger charge is -2.26. The molecule has 2 aromatic carbocycles. The Morgan fingerprint density at radius 1 is 0.727 bits per heavy atom. The van der Waals surface area contributed by atoms with Crippen LogP contribution in [0.4, 0.5) is 8.78 Å². The van der Waals surface area contributed by atoms with Crippen molar-refractivity contribution in [3.05, 3.63) is 71.3 Å². The highest BCUT2D eigenvalue weighted by atomic mass is 19.2. The minimum absolute atomic E-state index is 0.158. The van der Waals surface area contributed by atoms with Crippen LogP contribution in [0.15, 0.2) is 48.8 Å². The Balaban J connectivity index is 1.15. The highest BCUT2D eigenvalue weighted by Crippen LogP contribution is 2.39. The highest BCUT2D eigenvalue weighted by Gasteiger charge is 2.30. The molecule has 20 heteroatoms. The van der Waals surface area contributed by atoms with Gasteiger partial charge in [0.2, 0.25) is 11.8 Å². The number of nitrogens with zero attached hydrogens (tertiary/aromatic N) is 11. The van der Waals surface area contributed by atoms with E-state index in [4.69, 9.17) is 40.6 Å². The maximum Gasteiger partial charge on any atom is 0.248 e. The minimum Gasteiger partial charge on any atom is -0.495 e. The molecule has 2 unspecified atom stereocenters. The summed E-state index contributed by atoms with van der Waals surface area (Å²) in [6, 6.07) is 9.90. The molecule has 0 saturated carbocycles. The first-order valence-corrected chi connectivity index (χ1v) is 22.0. The van der Waals surface area contributed by atoms with Crippen LogP contribution >= 0.6 is 0 Å². The van der Waals surface area contributed by atoms with E-state index in [0.29, 0.717) is 94.0 Å². The first kappa shape index (κ1) is 44.2. The second kappa shape index (κ2) is 18.1. The Hall–Kier alpha value is -7.06. The summed E-state index contributed by atoms with van der Waals surface area (Å²) in [5, 5.41) is 11.0. The zero-order chi connectivity index (χ0) is 46.4. The number of nitrogens with two attached hydrogens (primary N) is 2. The molecule has 6 aromatic heterocycles. The van der Waals surface area contributed by atoms with E-state index in [9.17, 15) is 9.59 Å². The van der Waals surface area contributed by atoms with Gasteiger partial charge in [0.05, 0.1) is 62.4 Å². The van der Waals surface area contributed by atoms with E-state index < -0.39 is 37.2 Å². The topological polar surface area (TPSA) is 214 Å². The summed E-state index contributed by atoms with van der Waals surface area (Å²) in [5.74, 6) is -0.252.